The average molecular weight is 229 g/mol. The minimum atomic E-state index is 0.579. The number of hydrogen-bond acceptors (Lipinski definition) is 1. The van der Waals surface area contributed by atoms with Gasteiger partial charge in [0, 0.05) is 12.5 Å². The molecule has 17 heavy (non-hydrogen) atoms. The molecule has 0 spiro atoms. The van der Waals surface area contributed by atoms with Gasteiger partial charge in [0.05, 0.1) is 0 Å². The van der Waals surface area contributed by atoms with Crippen molar-refractivity contribution in [2.45, 2.75) is 45.6 Å². The summed E-state index contributed by atoms with van der Waals surface area (Å²) >= 11 is 0. The fraction of sp³-hybridized carbons (Fsp3) is 0.500. The zero-order valence-corrected chi connectivity index (χ0v) is 11.2. The second-order valence-electron chi connectivity index (χ2n) is 4.42. The first-order valence-electron chi connectivity index (χ1n) is 6.39. The van der Waals surface area contributed by atoms with E-state index in [1.165, 1.54) is 17.5 Å². The second kappa shape index (κ2) is 7.92. The Morgan fingerprint density at radius 3 is 2.65 bits per heavy atom. The lowest BCUT2D eigenvalue weighted by atomic mass is 9.99. The van der Waals surface area contributed by atoms with Gasteiger partial charge in [-0.3, -0.25) is 0 Å². The van der Waals surface area contributed by atoms with Crippen molar-refractivity contribution in [2.24, 2.45) is 0 Å². The maximum Gasteiger partial charge on any atom is 0.0103 e. The predicted molar refractivity (Wildman–Crippen MR) is 75.0 cm³/mol. The molecule has 1 unspecified atom stereocenters. The van der Waals surface area contributed by atoms with Crippen LogP contribution in [-0.4, -0.2) is 13.1 Å². The molecule has 0 bridgehead atoms. The lowest BCUT2D eigenvalue weighted by molar-refractivity contribution is 0.495. The molecule has 0 aromatic heterocycles. The Morgan fingerprint density at radius 2 is 2.00 bits per heavy atom. The first-order chi connectivity index (χ1) is 8.27. The highest BCUT2D eigenvalue weighted by atomic mass is 14.9. The van der Waals surface area contributed by atoms with Gasteiger partial charge in [0.1, 0.15) is 0 Å². The number of hydrogen-bond donors (Lipinski definition) is 1. The minimum Gasteiger partial charge on any atom is -0.317 e. The summed E-state index contributed by atoms with van der Waals surface area (Å²) in [7, 11) is 2.04. The molecule has 1 aromatic carbocycles. The molecule has 0 heterocycles. The maximum atomic E-state index is 3.38. The van der Waals surface area contributed by atoms with Crippen molar-refractivity contribution < 1.29 is 0 Å². The third-order valence-electron chi connectivity index (χ3n) is 3.23. The molecule has 0 saturated heterocycles. The van der Waals surface area contributed by atoms with Crippen molar-refractivity contribution in [3.05, 3.63) is 35.4 Å². The molecule has 1 rings (SSSR count). The van der Waals surface area contributed by atoms with Crippen LogP contribution in [0.3, 0.4) is 0 Å². The molecular weight excluding hydrogens is 206 g/mol. The normalized spacial score (nSPS) is 11.7. The van der Waals surface area contributed by atoms with Gasteiger partial charge in [-0.05, 0) is 51.3 Å². The fourth-order valence-electron chi connectivity index (χ4n) is 2.02. The SMILES string of the molecule is CC#CCCC(CCc1ccccc1C)NC. The van der Waals surface area contributed by atoms with Gasteiger partial charge in [-0.2, -0.15) is 0 Å². The zero-order valence-electron chi connectivity index (χ0n) is 11.2. The highest BCUT2D eigenvalue weighted by molar-refractivity contribution is 5.25. The van der Waals surface area contributed by atoms with Gasteiger partial charge in [-0.1, -0.05) is 24.3 Å². The van der Waals surface area contributed by atoms with Crippen LogP contribution < -0.4 is 5.32 Å². The van der Waals surface area contributed by atoms with E-state index in [-0.39, 0.29) is 0 Å². The molecular formula is C16H23N. The molecule has 1 aromatic rings. The molecule has 92 valence electrons. The van der Waals surface area contributed by atoms with E-state index in [0.717, 1.165) is 19.3 Å². The van der Waals surface area contributed by atoms with E-state index >= 15 is 0 Å². The number of benzene rings is 1. The van der Waals surface area contributed by atoms with Crippen LogP contribution in [0.4, 0.5) is 0 Å². The standard InChI is InChI=1S/C16H23N/c1-4-5-6-11-16(17-3)13-12-15-10-8-7-9-14(15)2/h7-10,16-17H,6,11-13H2,1-3H3. The molecule has 1 heteroatoms. The second-order valence-corrected chi connectivity index (χ2v) is 4.42. The summed E-state index contributed by atoms with van der Waals surface area (Å²) in [6, 6.07) is 9.22. The quantitative estimate of drug-likeness (QED) is 0.738. The molecule has 1 N–H and O–H groups in total. The monoisotopic (exact) mass is 229 g/mol. The van der Waals surface area contributed by atoms with Gasteiger partial charge >= 0.3 is 0 Å². The van der Waals surface area contributed by atoms with Crippen molar-refractivity contribution in [2.75, 3.05) is 7.05 Å². The van der Waals surface area contributed by atoms with Crippen molar-refractivity contribution >= 4 is 0 Å². The van der Waals surface area contributed by atoms with E-state index in [4.69, 9.17) is 0 Å². The number of aryl methyl sites for hydroxylation is 2. The third kappa shape index (κ3) is 5.06. The van der Waals surface area contributed by atoms with Gasteiger partial charge in [-0.15, -0.1) is 11.8 Å². The summed E-state index contributed by atoms with van der Waals surface area (Å²) in [4.78, 5) is 0. The molecule has 0 radical (unpaired) electrons. The van der Waals surface area contributed by atoms with E-state index in [9.17, 15) is 0 Å². The van der Waals surface area contributed by atoms with Gasteiger partial charge < -0.3 is 5.32 Å². The van der Waals surface area contributed by atoms with Crippen LogP contribution in [0.25, 0.3) is 0 Å². The van der Waals surface area contributed by atoms with Gasteiger partial charge in [0.2, 0.25) is 0 Å². The predicted octanol–water partition coefficient (Wildman–Crippen LogP) is 3.32. The Hall–Kier alpha value is -1.26. The van der Waals surface area contributed by atoms with Crippen LogP contribution in [0, 0.1) is 18.8 Å². The Bertz CT molecular complexity index is 384. The zero-order chi connectivity index (χ0) is 12.5. The molecule has 0 aliphatic heterocycles. The van der Waals surface area contributed by atoms with Crippen LogP contribution in [-0.2, 0) is 6.42 Å². The molecule has 0 amide bonds. The van der Waals surface area contributed by atoms with Gasteiger partial charge in [0.25, 0.3) is 0 Å². The van der Waals surface area contributed by atoms with E-state index in [2.05, 4.69) is 48.3 Å². The number of rotatable bonds is 6. The Balaban J connectivity index is 2.41. The van der Waals surface area contributed by atoms with E-state index < -0.39 is 0 Å². The van der Waals surface area contributed by atoms with Crippen molar-refractivity contribution in [3.8, 4) is 11.8 Å². The molecule has 0 saturated carbocycles. The van der Waals surface area contributed by atoms with Crippen molar-refractivity contribution in [1.29, 1.82) is 0 Å². The highest BCUT2D eigenvalue weighted by Crippen LogP contribution is 2.12. The number of nitrogens with one attached hydrogen (secondary N) is 1. The van der Waals surface area contributed by atoms with Gasteiger partial charge in [-0.25, -0.2) is 0 Å². The summed E-state index contributed by atoms with van der Waals surface area (Å²) in [5.41, 5.74) is 2.87. The van der Waals surface area contributed by atoms with Crippen LogP contribution in [0.1, 0.15) is 37.3 Å². The fourth-order valence-corrected chi connectivity index (χ4v) is 2.02. The molecule has 0 aliphatic rings. The lowest BCUT2D eigenvalue weighted by Crippen LogP contribution is -2.25. The first-order valence-corrected chi connectivity index (χ1v) is 6.39. The molecule has 0 fully saturated rings. The summed E-state index contributed by atoms with van der Waals surface area (Å²) in [5, 5.41) is 3.38. The summed E-state index contributed by atoms with van der Waals surface area (Å²) in [6.07, 6.45) is 4.48. The Morgan fingerprint density at radius 1 is 1.24 bits per heavy atom. The van der Waals surface area contributed by atoms with Gasteiger partial charge in [0.15, 0.2) is 0 Å². The maximum absolute atomic E-state index is 3.38. The van der Waals surface area contributed by atoms with E-state index in [1.807, 2.05) is 14.0 Å². The van der Waals surface area contributed by atoms with Crippen molar-refractivity contribution in [1.82, 2.24) is 5.32 Å². The third-order valence-corrected chi connectivity index (χ3v) is 3.23. The Labute approximate surface area is 106 Å². The average Bonchev–Trinajstić information content (AvgIpc) is 2.35. The first kappa shape index (κ1) is 13.8. The molecule has 1 nitrogen and oxygen atoms in total. The highest BCUT2D eigenvalue weighted by Gasteiger charge is 2.06. The summed E-state index contributed by atoms with van der Waals surface area (Å²) in [5.74, 6) is 6.08. The molecule has 1 atom stereocenters. The lowest BCUT2D eigenvalue weighted by Gasteiger charge is -2.15. The minimum absolute atomic E-state index is 0.579. The van der Waals surface area contributed by atoms with Crippen LogP contribution in [0.15, 0.2) is 24.3 Å². The van der Waals surface area contributed by atoms with Crippen LogP contribution in [0.5, 0.6) is 0 Å². The van der Waals surface area contributed by atoms with Crippen LogP contribution in [0.2, 0.25) is 0 Å². The largest absolute Gasteiger partial charge is 0.317 e. The summed E-state index contributed by atoms with van der Waals surface area (Å²) in [6.45, 7) is 4.09. The smallest absolute Gasteiger partial charge is 0.0103 e. The molecule has 0 aliphatic carbocycles. The van der Waals surface area contributed by atoms with Crippen LogP contribution >= 0.6 is 0 Å². The Kier molecular flexibility index (Phi) is 6.43. The topological polar surface area (TPSA) is 12.0 Å². The van der Waals surface area contributed by atoms with Crippen molar-refractivity contribution in [3.63, 3.8) is 0 Å². The summed E-state index contributed by atoms with van der Waals surface area (Å²) < 4.78 is 0. The van der Waals surface area contributed by atoms with E-state index in [0.29, 0.717) is 6.04 Å². The van der Waals surface area contributed by atoms with E-state index in [1.54, 1.807) is 0 Å².